The molecule has 0 aliphatic carbocycles. The molecule has 1 heterocycles. The molecule has 0 radical (unpaired) electrons. The number of nitrogens with one attached hydrogen (secondary N) is 1. The molecule has 1 aliphatic heterocycles. The van der Waals surface area contributed by atoms with Crippen molar-refractivity contribution in [2.75, 3.05) is 19.7 Å². The Morgan fingerprint density at radius 2 is 2.10 bits per heavy atom. The van der Waals surface area contributed by atoms with E-state index >= 15 is 0 Å². The number of hydrogen-bond acceptors (Lipinski definition) is 4. The van der Waals surface area contributed by atoms with Crippen LogP contribution in [0, 0.1) is 5.92 Å². The van der Waals surface area contributed by atoms with E-state index in [4.69, 9.17) is 4.74 Å². The van der Waals surface area contributed by atoms with Crippen LogP contribution in [0.5, 0.6) is 0 Å². The molecule has 2 unspecified atom stereocenters. The highest BCUT2D eigenvalue weighted by atomic mass is 16.6. The first-order valence-corrected chi connectivity index (χ1v) is 8.06. The second-order valence-electron chi connectivity index (χ2n) is 7.44. The molecule has 5 nitrogen and oxygen atoms in total. The van der Waals surface area contributed by atoms with Gasteiger partial charge in [0.15, 0.2) is 0 Å². The van der Waals surface area contributed by atoms with E-state index in [0.717, 1.165) is 25.8 Å². The summed E-state index contributed by atoms with van der Waals surface area (Å²) in [5, 5.41) is 13.0. The minimum Gasteiger partial charge on any atom is -0.444 e. The summed E-state index contributed by atoms with van der Waals surface area (Å²) in [4.78, 5) is 13.9. The zero-order valence-electron chi connectivity index (χ0n) is 14.2. The summed E-state index contributed by atoms with van der Waals surface area (Å²) < 4.78 is 5.43. The molecule has 124 valence electrons. The second kappa shape index (κ2) is 7.99. The molecule has 0 spiro atoms. The summed E-state index contributed by atoms with van der Waals surface area (Å²) >= 11 is 0. The van der Waals surface area contributed by atoms with Gasteiger partial charge in [-0.05, 0) is 46.0 Å². The van der Waals surface area contributed by atoms with E-state index in [1.165, 1.54) is 0 Å². The van der Waals surface area contributed by atoms with Crippen LogP contribution in [0.1, 0.15) is 53.9 Å². The average molecular weight is 300 g/mol. The van der Waals surface area contributed by atoms with Crippen molar-refractivity contribution in [3.05, 3.63) is 0 Å². The predicted molar refractivity (Wildman–Crippen MR) is 84.3 cm³/mol. The van der Waals surface area contributed by atoms with Gasteiger partial charge in [0.25, 0.3) is 0 Å². The molecule has 5 heteroatoms. The molecular formula is C16H32N2O3. The molecule has 0 aromatic heterocycles. The smallest absolute Gasteiger partial charge is 0.410 e. The van der Waals surface area contributed by atoms with Crippen LogP contribution in [-0.4, -0.2) is 53.5 Å². The molecule has 0 saturated carbocycles. The number of ether oxygens (including phenoxy) is 1. The van der Waals surface area contributed by atoms with Crippen molar-refractivity contribution in [1.29, 1.82) is 0 Å². The van der Waals surface area contributed by atoms with Crippen LogP contribution in [0.15, 0.2) is 0 Å². The quantitative estimate of drug-likeness (QED) is 0.818. The Morgan fingerprint density at radius 1 is 1.43 bits per heavy atom. The highest BCUT2D eigenvalue weighted by Crippen LogP contribution is 2.16. The molecule has 1 saturated heterocycles. The van der Waals surface area contributed by atoms with Crippen molar-refractivity contribution < 1.29 is 14.6 Å². The van der Waals surface area contributed by atoms with Crippen molar-refractivity contribution >= 4 is 6.09 Å². The van der Waals surface area contributed by atoms with Gasteiger partial charge < -0.3 is 20.1 Å². The third kappa shape index (κ3) is 7.14. The van der Waals surface area contributed by atoms with Gasteiger partial charge >= 0.3 is 6.09 Å². The molecule has 1 amide bonds. The molecule has 1 rings (SSSR count). The van der Waals surface area contributed by atoms with Gasteiger partial charge in [0.1, 0.15) is 5.60 Å². The molecule has 2 atom stereocenters. The fourth-order valence-corrected chi connectivity index (χ4v) is 2.70. The highest BCUT2D eigenvalue weighted by molar-refractivity contribution is 5.68. The number of aliphatic hydroxyl groups is 1. The zero-order valence-corrected chi connectivity index (χ0v) is 14.2. The minimum absolute atomic E-state index is 0.105. The Hall–Kier alpha value is -0.810. The molecule has 0 aromatic carbocycles. The third-order valence-electron chi connectivity index (χ3n) is 3.52. The first-order valence-electron chi connectivity index (χ1n) is 8.06. The van der Waals surface area contributed by atoms with Crippen LogP contribution < -0.4 is 5.32 Å². The van der Waals surface area contributed by atoms with E-state index in [1.807, 2.05) is 20.8 Å². The Morgan fingerprint density at radius 3 is 2.62 bits per heavy atom. The lowest BCUT2D eigenvalue weighted by atomic mass is 10.0. The van der Waals surface area contributed by atoms with Crippen LogP contribution in [0.2, 0.25) is 0 Å². The van der Waals surface area contributed by atoms with Gasteiger partial charge in [-0.3, -0.25) is 0 Å². The monoisotopic (exact) mass is 300 g/mol. The van der Waals surface area contributed by atoms with Crippen LogP contribution in [0.25, 0.3) is 0 Å². The van der Waals surface area contributed by atoms with Gasteiger partial charge in [-0.2, -0.15) is 0 Å². The van der Waals surface area contributed by atoms with E-state index in [0.29, 0.717) is 12.5 Å². The maximum Gasteiger partial charge on any atom is 0.410 e. The number of hydrogen-bond donors (Lipinski definition) is 2. The maximum absolute atomic E-state index is 12.1. The van der Waals surface area contributed by atoms with E-state index in [-0.39, 0.29) is 24.8 Å². The van der Waals surface area contributed by atoms with Gasteiger partial charge in [-0.15, -0.1) is 0 Å². The molecule has 1 fully saturated rings. The lowest BCUT2D eigenvalue weighted by molar-refractivity contribution is 0.0178. The van der Waals surface area contributed by atoms with E-state index in [1.54, 1.807) is 4.90 Å². The van der Waals surface area contributed by atoms with Gasteiger partial charge in [0, 0.05) is 25.2 Å². The van der Waals surface area contributed by atoms with Crippen molar-refractivity contribution in [3.63, 3.8) is 0 Å². The number of carbonyl (C=O) groups is 1. The minimum atomic E-state index is -0.456. The lowest BCUT2D eigenvalue weighted by Gasteiger charge is -2.36. The van der Waals surface area contributed by atoms with E-state index < -0.39 is 5.60 Å². The number of likely N-dealkylation sites (tertiary alicyclic amines) is 1. The first-order chi connectivity index (χ1) is 9.71. The van der Waals surface area contributed by atoms with Gasteiger partial charge in [-0.1, -0.05) is 13.8 Å². The molecule has 0 bridgehead atoms. The van der Waals surface area contributed by atoms with Crippen molar-refractivity contribution in [3.8, 4) is 0 Å². The summed E-state index contributed by atoms with van der Waals surface area (Å²) in [5.74, 6) is 0.542. The topological polar surface area (TPSA) is 61.8 Å². The average Bonchev–Trinajstić information content (AvgIpc) is 2.35. The van der Waals surface area contributed by atoms with Gasteiger partial charge in [0.05, 0.1) is 6.61 Å². The highest BCUT2D eigenvalue weighted by Gasteiger charge is 2.28. The normalized spacial score (nSPS) is 21.5. The van der Waals surface area contributed by atoms with Crippen LogP contribution in [0.4, 0.5) is 4.79 Å². The summed E-state index contributed by atoms with van der Waals surface area (Å²) in [6.07, 6.45) is 2.71. The number of piperidine rings is 1. The van der Waals surface area contributed by atoms with Gasteiger partial charge in [-0.25, -0.2) is 4.79 Å². The van der Waals surface area contributed by atoms with Crippen molar-refractivity contribution in [2.24, 2.45) is 5.92 Å². The van der Waals surface area contributed by atoms with E-state index in [2.05, 4.69) is 19.2 Å². The number of carbonyl (C=O) groups excluding carboxylic acids is 1. The van der Waals surface area contributed by atoms with Crippen LogP contribution in [-0.2, 0) is 4.74 Å². The third-order valence-corrected chi connectivity index (χ3v) is 3.52. The molecule has 21 heavy (non-hydrogen) atoms. The zero-order chi connectivity index (χ0) is 16.0. The summed E-state index contributed by atoms with van der Waals surface area (Å²) in [7, 11) is 0. The fourth-order valence-electron chi connectivity index (χ4n) is 2.70. The van der Waals surface area contributed by atoms with Gasteiger partial charge in [0.2, 0.25) is 0 Å². The number of rotatable bonds is 5. The standard InChI is InChI=1S/C16H32N2O3/c1-12(2)9-14(11-19)17-13-7-6-8-18(10-13)15(20)21-16(3,4)5/h12-14,17,19H,6-11H2,1-5H3. The Labute approximate surface area is 129 Å². The van der Waals surface area contributed by atoms with E-state index in [9.17, 15) is 9.90 Å². The maximum atomic E-state index is 12.1. The molecular weight excluding hydrogens is 268 g/mol. The summed E-state index contributed by atoms with van der Waals surface area (Å²) in [6, 6.07) is 0.343. The lowest BCUT2D eigenvalue weighted by Crippen LogP contribution is -2.52. The molecule has 2 N–H and O–H groups in total. The van der Waals surface area contributed by atoms with Crippen LogP contribution in [0.3, 0.4) is 0 Å². The SMILES string of the molecule is CC(C)CC(CO)NC1CCCN(C(=O)OC(C)(C)C)C1. The fraction of sp³-hybridized carbons (Fsp3) is 0.938. The number of aliphatic hydroxyl groups excluding tert-OH is 1. The Kier molecular flexibility index (Phi) is 6.94. The second-order valence-corrected chi connectivity index (χ2v) is 7.44. The Balaban J connectivity index is 2.49. The van der Waals surface area contributed by atoms with Crippen LogP contribution >= 0.6 is 0 Å². The van der Waals surface area contributed by atoms with Crippen molar-refractivity contribution in [1.82, 2.24) is 10.2 Å². The molecule has 1 aliphatic rings. The summed E-state index contributed by atoms with van der Waals surface area (Å²) in [5.41, 5.74) is -0.456. The van der Waals surface area contributed by atoms with Crippen molar-refractivity contribution in [2.45, 2.75) is 71.6 Å². The predicted octanol–water partition coefficient (Wildman–Crippen LogP) is 2.38. The largest absolute Gasteiger partial charge is 0.444 e. The number of nitrogens with zero attached hydrogens (tertiary/aromatic N) is 1. The number of amides is 1. The Bertz CT molecular complexity index is 326. The molecule has 0 aromatic rings. The summed E-state index contributed by atoms with van der Waals surface area (Å²) in [6.45, 7) is 11.5. The first kappa shape index (κ1) is 18.2.